The number of rotatable bonds is 9. The summed E-state index contributed by atoms with van der Waals surface area (Å²) in [4.78, 5) is 0. The maximum absolute atomic E-state index is 14.2. The van der Waals surface area contributed by atoms with Crippen molar-refractivity contribution in [1.82, 2.24) is 0 Å². The molecular formula is C57H34BF24P. The van der Waals surface area contributed by atoms with Crippen LogP contribution in [0.5, 0.6) is 0 Å². The highest BCUT2D eigenvalue weighted by atomic mass is 31.2. The van der Waals surface area contributed by atoms with Gasteiger partial charge in [0, 0.05) is 0 Å². The van der Waals surface area contributed by atoms with Gasteiger partial charge in [0.05, 0.1) is 50.7 Å². The molecule has 0 aliphatic carbocycles. The molecule has 0 amide bonds. The van der Waals surface area contributed by atoms with E-state index in [4.69, 9.17) is 0 Å². The molecule has 83 heavy (non-hydrogen) atoms. The number of hydrogen-bond donors (Lipinski definition) is 0. The van der Waals surface area contributed by atoms with Crippen molar-refractivity contribution < 1.29 is 105 Å². The second kappa shape index (κ2) is 22.6. The van der Waals surface area contributed by atoms with Crippen LogP contribution in [0, 0.1) is 0 Å². The molecule has 0 aliphatic heterocycles. The fraction of sp³-hybridized carbons (Fsp3) is 0.158. The molecule has 0 bridgehead atoms. The number of halogens is 24. The van der Waals surface area contributed by atoms with Crippen molar-refractivity contribution in [2.45, 2.75) is 55.6 Å². The van der Waals surface area contributed by atoms with Crippen LogP contribution in [0.1, 0.15) is 50.1 Å². The monoisotopic (exact) mass is 1220 g/mol. The highest BCUT2D eigenvalue weighted by molar-refractivity contribution is 7.95. The van der Waals surface area contributed by atoms with Gasteiger partial charge in [0.1, 0.15) is 29.3 Å². The van der Waals surface area contributed by atoms with Crippen LogP contribution in [0.25, 0.3) is 0 Å². The lowest BCUT2D eigenvalue weighted by atomic mass is 9.12. The average molecular weight is 1220 g/mol. The fourth-order valence-corrected chi connectivity index (χ4v) is 13.9. The maximum Gasteiger partial charge on any atom is 0.416 e. The standard InChI is InChI=1S/C32H12BF24.C25H22P/c34-25(35,36)13-1-14(26(37,38)39)6-21(5-13)33(22-7-15(27(40,41)42)2-16(8-22)28(43,44)45,23-9-17(29(46,47)48)3-18(10-23)30(49,50)51)24-11-19(31(52,53)54)4-20(12-24)32(55,56)57;1-5-13-22(14-6-1)21-26(23-15-7-2-8-16-23,24-17-9-3-10-18-24)25-19-11-4-12-20-25/h1-12H;1-20H,21H2/q-1;+1. The van der Waals surface area contributed by atoms with Crippen molar-refractivity contribution in [1.29, 1.82) is 0 Å². The Balaban J connectivity index is 0.000000313. The molecule has 8 aromatic rings. The van der Waals surface area contributed by atoms with Gasteiger partial charge in [0.25, 0.3) is 0 Å². The van der Waals surface area contributed by atoms with E-state index in [1.807, 2.05) is 0 Å². The third-order valence-corrected chi connectivity index (χ3v) is 17.7. The predicted molar refractivity (Wildman–Crippen MR) is 265 cm³/mol. The largest absolute Gasteiger partial charge is 0.416 e. The van der Waals surface area contributed by atoms with Crippen molar-refractivity contribution in [2.24, 2.45) is 0 Å². The summed E-state index contributed by atoms with van der Waals surface area (Å²) in [5, 5.41) is 4.30. The van der Waals surface area contributed by atoms with Gasteiger partial charge in [0.15, 0.2) is 0 Å². The van der Waals surface area contributed by atoms with Crippen molar-refractivity contribution in [2.75, 3.05) is 0 Å². The second-order valence-corrected chi connectivity index (χ2v) is 22.2. The Morgan fingerprint density at radius 1 is 0.229 bits per heavy atom. The zero-order chi connectivity index (χ0) is 61.6. The molecule has 0 aliphatic rings. The first-order valence-electron chi connectivity index (χ1n) is 23.6. The van der Waals surface area contributed by atoms with Crippen molar-refractivity contribution in [3.63, 3.8) is 0 Å². The van der Waals surface area contributed by atoms with Crippen molar-refractivity contribution >= 4 is 51.2 Å². The Bertz CT molecular complexity index is 2990. The van der Waals surface area contributed by atoms with E-state index < -0.39 is 202 Å². The summed E-state index contributed by atoms with van der Waals surface area (Å²) in [7, 11) is -1.78. The lowest BCUT2D eigenvalue weighted by molar-refractivity contribution is -0.144. The van der Waals surface area contributed by atoms with Gasteiger partial charge >= 0.3 is 49.4 Å². The zero-order valence-electron chi connectivity index (χ0n) is 41.3. The molecule has 0 heterocycles. The fourth-order valence-electron chi connectivity index (χ4n) is 9.70. The van der Waals surface area contributed by atoms with Gasteiger partial charge in [-0.3, -0.25) is 0 Å². The van der Waals surface area contributed by atoms with Crippen molar-refractivity contribution in [3.05, 3.63) is 244 Å². The Morgan fingerprint density at radius 2 is 0.398 bits per heavy atom. The first-order valence-corrected chi connectivity index (χ1v) is 25.6. The summed E-state index contributed by atoms with van der Waals surface area (Å²) in [5.74, 6) is 0. The van der Waals surface area contributed by atoms with Crippen LogP contribution in [0.3, 0.4) is 0 Å². The highest BCUT2D eigenvalue weighted by Crippen LogP contribution is 2.58. The molecule has 26 heteroatoms. The molecule has 0 radical (unpaired) electrons. The lowest BCUT2D eigenvalue weighted by Gasteiger charge is -2.46. The molecular weight excluding hydrogens is 1180 g/mol. The number of benzene rings is 8. The average Bonchev–Trinajstić information content (AvgIpc) is 1.47. The van der Waals surface area contributed by atoms with Gasteiger partial charge in [-0.05, 0) is 66.2 Å². The smallest absolute Gasteiger partial charge is 0.194 e. The van der Waals surface area contributed by atoms with Gasteiger partial charge < -0.3 is 0 Å². The molecule has 0 N–H and O–H groups in total. The van der Waals surface area contributed by atoms with Gasteiger partial charge in [-0.15, -0.1) is 0 Å². The quantitative estimate of drug-likeness (QED) is 0.0768. The molecule has 0 spiro atoms. The third kappa shape index (κ3) is 14.0. The number of hydrogen-bond acceptors (Lipinski definition) is 0. The Hall–Kier alpha value is -7.43. The number of alkyl halides is 24. The molecule has 438 valence electrons. The minimum atomic E-state index is -6.13. The normalized spacial score (nSPS) is 13.3. The van der Waals surface area contributed by atoms with E-state index in [0.717, 1.165) is 6.16 Å². The molecule has 0 atom stereocenters. The van der Waals surface area contributed by atoms with Gasteiger partial charge in [0.2, 0.25) is 0 Å². The van der Waals surface area contributed by atoms with Crippen LogP contribution in [0.15, 0.2) is 194 Å². The van der Waals surface area contributed by atoms with E-state index in [-0.39, 0.29) is 0 Å². The second-order valence-electron chi connectivity index (χ2n) is 18.7. The first kappa shape index (κ1) is 63.2. The van der Waals surface area contributed by atoms with Gasteiger partial charge in [-0.2, -0.15) is 127 Å². The topological polar surface area (TPSA) is 0 Å². The summed E-state index contributed by atoms with van der Waals surface area (Å²) in [6.07, 6.45) is -53.8. The van der Waals surface area contributed by atoms with Crippen LogP contribution in [-0.4, -0.2) is 6.15 Å². The van der Waals surface area contributed by atoms with Crippen LogP contribution < -0.4 is 37.8 Å². The van der Waals surface area contributed by atoms with Crippen LogP contribution in [-0.2, 0) is 55.6 Å². The highest BCUT2D eigenvalue weighted by Gasteiger charge is 2.48. The lowest BCUT2D eigenvalue weighted by Crippen LogP contribution is -2.75. The summed E-state index contributed by atoms with van der Waals surface area (Å²) < 4.78 is 341. The molecule has 8 rings (SSSR count). The van der Waals surface area contributed by atoms with Crippen molar-refractivity contribution in [3.8, 4) is 0 Å². The maximum atomic E-state index is 14.2. The van der Waals surface area contributed by atoms with E-state index >= 15 is 0 Å². The minimum absolute atomic E-state index is 0.691. The van der Waals surface area contributed by atoms with Crippen LogP contribution >= 0.6 is 7.26 Å². The summed E-state index contributed by atoms with van der Waals surface area (Å²) in [6, 6.07) is 35.2. The summed E-state index contributed by atoms with van der Waals surface area (Å²) in [5.41, 5.74) is -28.8. The molecule has 0 saturated carbocycles. The molecule has 0 aromatic heterocycles. The molecule has 8 aromatic carbocycles. The molecule has 0 unspecified atom stereocenters. The first-order chi connectivity index (χ1) is 38.2. The molecule has 0 nitrogen and oxygen atoms in total. The zero-order valence-corrected chi connectivity index (χ0v) is 42.2. The van der Waals surface area contributed by atoms with Crippen LogP contribution in [0.4, 0.5) is 105 Å². The SMILES string of the molecule is FC(F)(F)c1cc([B-](c2cc(C(F)(F)F)cc(C(F)(F)F)c2)(c2cc(C(F)(F)F)cc(C(F)(F)F)c2)c2cc(C(F)(F)F)cc(C(F)(F)F)c2)cc(C(F)(F)F)c1.c1ccc(C[P+](c2ccccc2)(c2ccccc2)c2ccccc2)cc1. The Kier molecular flexibility index (Phi) is 17.2. The van der Waals surface area contributed by atoms with E-state index in [2.05, 4.69) is 121 Å². The molecule has 0 fully saturated rings. The van der Waals surface area contributed by atoms with Crippen LogP contribution in [0.2, 0.25) is 0 Å². The van der Waals surface area contributed by atoms with E-state index in [9.17, 15) is 105 Å². The Labute approximate surface area is 455 Å². The van der Waals surface area contributed by atoms with E-state index in [1.165, 1.54) is 21.5 Å². The van der Waals surface area contributed by atoms with E-state index in [0.29, 0.717) is 0 Å². The minimum Gasteiger partial charge on any atom is -0.194 e. The predicted octanol–water partition coefficient (Wildman–Crippen LogP) is 16.4. The molecule has 0 saturated heterocycles. The van der Waals surface area contributed by atoms with E-state index in [1.54, 1.807) is 0 Å². The van der Waals surface area contributed by atoms with Gasteiger partial charge in [-0.25, -0.2) is 0 Å². The summed E-state index contributed by atoms with van der Waals surface area (Å²) >= 11 is 0. The van der Waals surface area contributed by atoms with Gasteiger partial charge in [-0.1, -0.05) is 133 Å². The third-order valence-electron chi connectivity index (χ3n) is 13.3. The summed E-state index contributed by atoms with van der Waals surface area (Å²) in [6.45, 7) is 0. The Morgan fingerprint density at radius 3 is 0.566 bits per heavy atom.